The van der Waals surface area contributed by atoms with E-state index in [2.05, 4.69) is 21.2 Å². The first kappa shape index (κ1) is 10.9. The lowest BCUT2D eigenvalue weighted by Gasteiger charge is -2.15. The monoisotopic (exact) mass is 275 g/mol. The molecule has 15 heavy (non-hydrogen) atoms. The highest BCUT2D eigenvalue weighted by Crippen LogP contribution is 2.30. The fourth-order valence-corrected chi connectivity index (χ4v) is 2.48. The van der Waals surface area contributed by atoms with E-state index in [1.165, 1.54) is 18.9 Å². The molecule has 0 heterocycles. The standard InChI is InChI=1S/C11H12BrF2N/c12-9-5-7(13)6-10(14)11(9)15-8-3-1-2-4-8/h5-6,8,15H,1-4H2. The zero-order chi connectivity index (χ0) is 10.8. The summed E-state index contributed by atoms with van der Waals surface area (Å²) in [6.45, 7) is 0. The van der Waals surface area contributed by atoms with Gasteiger partial charge in [0.05, 0.1) is 5.69 Å². The average Bonchev–Trinajstić information content (AvgIpc) is 2.63. The minimum absolute atomic E-state index is 0.321. The van der Waals surface area contributed by atoms with E-state index in [9.17, 15) is 8.78 Å². The van der Waals surface area contributed by atoms with Crippen molar-refractivity contribution in [2.24, 2.45) is 0 Å². The molecule has 1 aromatic rings. The summed E-state index contributed by atoms with van der Waals surface area (Å²) in [7, 11) is 0. The highest BCUT2D eigenvalue weighted by Gasteiger charge is 2.18. The van der Waals surface area contributed by atoms with E-state index < -0.39 is 11.6 Å². The minimum atomic E-state index is -0.559. The average molecular weight is 276 g/mol. The molecule has 82 valence electrons. The molecule has 1 nitrogen and oxygen atoms in total. The van der Waals surface area contributed by atoms with Crippen molar-refractivity contribution >= 4 is 21.6 Å². The molecule has 0 spiro atoms. The molecule has 0 atom stereocenters. The Morgan fingerprint density at radius 2 is 1.87 bits per heavy atom. The van der Waals surface area contributed by atoms with Crippen LogP contribution in [0.25, 0.3) is 0 Å². The molecule has 0 amide bonds. The number of benzene rings is 1. The Labute approximate surface area is 96.0 Å². The van der Waals surface area contributed by atoms with Crippen LogP contribution in [-0.4, -0.2) is 6.04 Å². The van der Waals surface area contributed by atoms with Crippen molar-refractivity contribution in [1.29, 1.82) is 0 Å². The van der Waals surface area contributed by atoms with Gasteiger partial charge in [0.2, 0.25) is 0 Å². The molecular formula is C11H12BrF2N. The Morgan fingerprint density at radius 1 is 1.20 bits per heavy atom. The maximum absolute atomic E-state index is 13.4. The summed E-state index contributed by atoms with van der Waals surface area (Å²) in [5.74, 6) is -1.09. The first-order chi connectivity index (χ1) is 7.16. The van der Waals surface area contributed by atoms with Crippen molar-refractivity contribution in [3.63, 3.8) is 0 Å². The molecule has 0 saturated heterocycles. The molecule has 0 radical (unpaired) electrons. The second kappa shape index (κ2) is 4.47. The quantitative estimate of drug-likeness (QED) is 0.858. The molecule has 0 aliphatic heterocycles. The van der Waals surface area contributed by atoms with Gasteiger partial charge in [0.15, 0.2) is 0 Å². The van der Waals surface area contributed by atoms with Crippen LogP contribution in [0.4, 0.5) is 14.5 Å². The van der Waals surface area contributed by atoms with E-state index in [4.69, 9.17) is 0 Å². The first-order valence-electron chi connectivity index (χ1n) is 5.08. The van der Waals surface area contributed by atoms with Crippen molar-refractivity contribution < 1.29 is 8.78 Å². The Hall–Kier alpha value is -0.640. The van der Waals surface area contributed by atoms with Gasteiger partial charge < -0.3 is 5.32 Å². The van der Waals surface area contributed by atoms with Crippen LogP contribution in [-0.2, 0) is 0 Å². The SMILES string of the molecule is Fc1cc(F)c(NC2CCCC2)c(Br)c1. The summed E-state index contributed by atoms with van der Waals surface area (Å²) in [5.41, 5.74) is 0.378. The third-order valence-corrected chi connectivity index (χ3v) is 3.34. The van der Waals surface area contributed by atoms with Gasteiger partial charge in [-0.3, -0.25) is 0 Å². The second-order valence-electron chi connectivity index (χ2n) is 3.87. The fourth-order valence-electron chi connectivity index (χ4n) is 1.95. The number of nitrogens with one attached hydrogen (secondary N) is 1. The van der Waals surface area contributed by atoms with Crippen molar-refractivity contribution in [2.45, 2.75) is 31.7 Å². The Kier molecular flexibility index (Phi) is 3.24. The summed E-state index contributed by atoms with van der Waals surface area (Å²) < 4.78 is 26.7. The molecule has 2 rings (SSSR count). The smallest absolute Gasteiger partial charge is 0.150 e. The van der Waals surface area contributed by atoms with Gasteiger partial charge in [0.25, 0.3) is 0 Å². The van der Waals surface area contributed by atoms with Crippen LogP contribution in [0.3, 0.4) is 0 Å². The van der Waals surface area contributed by atoms with E-state index in [-0.39, 0.29) is 0 Å². The summed E-state index contributed by atoms with van der Waals surface area (Å²) in [5, 5.41) is 3.12. The molecule has 1 fully saturated rings. The highest BCUT2D eigenvalue weighted by molar-refractivity contribution is 9.10. The van der Waals surface area contributed by atoms with Crippen molar-refractivity contribution in [2.75, 3.05) is 5.32 Å². The number of hydrogen-bond donors (Lipinski definition) is 1. The Balaban J connectivity index is 2.19. The van der Waals surface area contributed by atoms with Gasteiger partial charge in [-0.15, -0.1) is 0 Å². The van der Waals surface area contributed by atoms with E-state index in [0.29, 0.717) is 16.2 Å². The van der Waals surface area contributed by atoms with Crippen LogP contribution >= 0.6 is 15.9 Å². The predicted molar refractivity (Wildman–Crippen MR) is 59.9 cm³/mol. The number of rotatable bonds is 2. The lowest BCUT2D eigenvalue weighted by molar-refractivity contribution is 0.581. The van der Waals surface area contributed by atoms with Gasteiger partial charge in [0.1, 0.15) is 11.6 Å². The second-order valence-corrected chi connectivity index (χ2v) is 4.72. The third-order valence-electron chi connectivity index (χ3n) is 2.71. The zero-order valence-electron chi connectivity index (χ0n) is 8.19. The molecule has 1 aliphatic rings. The fraction of sp³-hybridized carbons (Fsp3) is 0.455. The number of hydrogen-bond acceptors (Lipinski definition) is 1. The van der Waals surface area contributed by atoms with Crippen molar-refractivity contribution in [1.82, 2.24) is 0 Å². The van der Waals surface area contributed by atoms with Gasteiger partial charge in [-0.25, -0.2) is 8.78 Å². The maximum atomic E-state index is 13.4. The third kappa shape index (κ3) is 2.48. The summed E-state index contributed by atoms with van der Waals surface area (Å²) >= 11 is 3.16. The van der Waals surface area contributed by atoms with E-state index in [1.807, 2.05) is 0 Å². The molecule has 1 N–H and O–H groups in total. The normalized spacial score (nSPS) is 17.0. The van der Waals surface area contributed by atoms with Crippen molar-refractivity contribution in [3.05, 3.63) is 28.2 Å². The van der Waals surface area contributed by atoms with Crippen LogP contribution < -0.4 is 5.32 Å². The maximum Gasteiger partial charge on any atom is 0.150 e. The van der Waals surface area contributed by atoms with Gasteiger partial charge in [-0.2, -0.15) is 0 Å². The Morgan fingerprint density at radius 3 is 2.47 bits per heavy atom. The first-order valence-corrected chi connectivity index (χ1v) is 5.87. The lowest BCUT2D eigenvalue weighted by atomic mass is 10.2. The van der Waals surface area contributed by atoms with Gasteiger partial charge in [0, 0.05) is 16.6 Å². The van der Waals surface area contributed by atoms with Crippen LogP contribution in [0.1, 0.15) is 25.7 Å². The van der Waals surface area contributed by atoms with Crippen LogP contribution in [0.5, 0.6) is 0 Å². The highest BCUT2D eigenvalue weighted by atomic mass is 79.9. The van der Waals surface area contributed by atoms with E-state index in [1.54, 1.807) is 0 Å². The van der Waals surface area contributed by atoms with Crippen LogP contribution in [0.2, 0.25) is 0 Å². The minimum Gasteiger partial charge on any atom is -0.379 e. The summed E-state index contributed by atoms with van der Waals surface area (Å²) in [6, 6.07) is 2.50. The molecule has 1 saturated carbocycles. The predicted octanol–water partition coefficient (Wildman–Crippen LogP) is 4.08. The topological polar surface area (TPSA) is 12.0 Å². The molecule has 1 aliphatic carbocycles. The molecule has 4 heteroatoms. The van der Waals surface area contributed by atoms with E-state index >= 15 is 0 Å². The molecule has 0 aromatic heterocycles. The number of anilines is 1. The summed E-state index contributed by atoms with van der Waals surface area (Å²) in [4.78, 5) is 0. The zero-order valence-corrected chi connectivity index (χ0v) is 9.78. The summed E-state index contributed by atoms with van der Waals surface area (Å²) in [6.07, 6.45) is 4.47. The van der Waals surface area contributed by atoms with E-state index in [0.717, 1.165) is 18.9 Å². The van der Waals surface area contributed by atoms with Gasteiger partial charge in [-0.1, -0.05) is 12.8 Å². The molecule has 0 unspecified atom stereocenters. The molecular weight excluding hydrogens is 264 g/mol. The molecule has 1 aromatic carbocycles. The van der Waals surface area contributed by atoms with Gasteiger partial charge in [-0.05, 0) is 34.8 Å². The van der Waals surface area contributed by atoms with Crippen LogP contribution in [0.15, 0.2) is 16.6 Å². The number of halogens is 3. The van der Waals surface area contributed by atoms with Gasteiger partial charge >= 0.3 is 0 Å². The largest absolute Gasteiger partial charge is 0.379 e. The van der Waals surface area contributed by atoms with Crippen molar-refractivity contribution in [3.8, 4) is 0 Å². The van der Waals surface area contributed by atoms with Crippen LogP contribution in [0, 0.1) is 11.6 Å². The lowest BCUT2D eigenvalue weighted by Crippen LogP contribution is -2.16. The Bertz CT molecular complexity index is 339. The molecule has 0 bridgehead atoms.